The molecule has 0 saturated heterocycles. The summed E-state index contributed by atoms with van der Waals surface area (Å²) in [5, 5.41) is 7.43. The molecule has 0 fully saturated rings. The Kier molecular flexibility index (Phi) is 3.27. The van der Waals surface area contributed by atoms with Crippen LogP contribution in [-0.4, -0.2) is 35.4 Å². The maximum absolute atomic E-state index is 10.8. The highest BCUT2D eigenvalue weighted by Crippen LogP contribution is 1.97. The van der Waals surface area contributed by atoms with Crippen molar-refractivity contribution in [3.8, 4) is 0 Å². The smallest absolute Gasteiger partial charge is 0.149 e. The third kappa shape index (κ3) is 3.73. The van der Waals surface area contributed by atoms with Crippen LogP contribution >= 0.6 is 11.6 Å². The van der Waals surface area contributed by atoms with E-state index in [9.17, 15) is 8.42 Å². The Labute approximate surface area is 81.6 Å². The summed E-state index contributed by atoms with van der Waals surface area (Å²) in [7, 11) is -2.94. The number of aromatic nitrogens is 3. The summed E-state index contributed by atoms with van der Waals surface area (Å²) in [6.45, 7) is 0.322. The molecule has 5 nitrogen and oxygen atoms in total. The molecule has 0 aliphatic rings. The Balaban J connectivity index is 2.55. The van der Waals surface area contributed by atoms with Gasteiger partial charge in [-0.3, -0.25) is 4.68 Å². The van der Waals surface area contributed by atoms with Gasteiger partial charge in [-0.25, -0.2) is 8.42 Å². The minimum atomic E-state index is -2.94. The van der Waals surface area contributed by atoms with Crippen molar-refractivity contribution >= 4 is 21.4 Å². The molecular formula is C6H10ClN3O2S. The van der Waals surface area contributed by atoms with Gasteiger partial charge in [-0.1, -0.05) is 5.21 Å². The number of nitrogens with zero attached hydrogens (tertiary/aromatic N) is 3. The highest BCUT2D eigenvalue weighted by molar-refractivity contribution is 7.90. The van der Waals surface area contributed by atoms with Gasteiger partial charge in [0.25, 0.3) is 0 Å². The average Bonchev–Trinajstić information content (AvgIpc) is 2.47. The molecule has 13 heavy (non-hydrogen) atoms. The number of halogens is 1. The summed E-state index contributed by atoms with van der Waals surface area (Å²) in [4.78, 5) is 0. The molecule has 0 spiro atoms. The van der Waals surface area contributed by atoms with Gasteiger partial charge < -0.3 is 0 Å². The molecule has 0 aromatic carbocycles. The van der Waals surface area contributed by atoms with Crippen LogP contribution in [0, 0.1) is 0 Å². The van der Waals surface area contributed by atoms with Gasteiger partial charge in [0, 0.05) is 12.5 Å². The largest absolute Gasteiger partial charge is 0.251 e. The summed E-state index contributed by atoms with van der Waals surface area (Å²) >= 11 is 5.50. The maximum Gasteiger partial charge on any atom is 0.149 e. The molecule has 1 aromatic rings. The SMILES string of the molecule is CS(=O)(=O)CCn1cc(CCl)nn1. The molecule has 0 aliphatic carbocycles. The third-order valence-corrected chi connectivity index (χ3v) is 2.61. The molecule has 0 amide bonds. The Morgan fingerprint density at radius 3 is 2.77 bits per heavy atom. The van der Waals surface area contributed by atoms with Crippen molar-refractivity contribution in [1.82, 2.24) is 15.0 Å². The van der Waals surface area contributed by atoms with Crippen LogP contribution in [0.5, 0.6) is 0 Å². The van der Waals surface area contributed by atoms with Crippen LogP contribution in [0.4, 0.5) is 0 Å². The zero-order chi connectivity index (χ0) is 9.90. The zero-order valence-corrected chi connectivity index (χ0v) is 8.72. The fourth-order valence-corrected chi connectivity index (χ4v) is 1.41. The van der Waals surface area contributed by atoms with Crippen molar-refractivity contribution in [2.24, 2.45) is 0 Å². The van der Waals surface area contributed by atoms with Gasteiger partial charge in [-0.05, 0) is 0 Å². The number of rotatable bonds is 4. The highest BCUT2D eigenvalue weighted by atomic mass is 35.5. The molecule has 0 aliphatic heterocycles. The van der Waals surface area contributed by atoms with E-state index in [1.165, 1.54) is 10.9 Å². The highest BCUT2D eigenvalue weighted by Gasteiger charge is 2.04. The Morgan fingerprint density at radius 2 is 2.31 bits per heavy atom. The Bertz CT molecular complexity index is 373. The first-order chi connectivity index (χ1) is 6.01. The average molecular weight is 224 g/mol. The Hall–Kier alpha value is -0.620. The Morgan fingerprint density at radius 1 is 1.62 bits per heavy atom. The lowest BCUT2D eigenvalue weighted by Gasteiger charge is -1.96. The van der Waals surface area contributed by atoms with E-state index in [-0.39, 0.29) is 5.75 Å². The van der Waals surface area contributed by atoms with Crippen LogP contribution < -0.4 is 0 Å². The quantitative estimate of drug-likeness (QED) is 0.678. The van der Waals surface area contributed by atoms with E-state index < -0.39 is 9.84 Å². The normalized spacial score (nSPS) is 11.8. The minimum absolute atomic E-state index is 0.0675. The summed E-state index contributed by atoms with van der Waals surface area (Å²) in [5.74, 6) is 0.358. The van der Waals surface area contributed by atoms with Gasteiger partial charge >= 0.3 is 0 Å². The van der Waals surface area contributed by atoms with Gasteiger partial charge in [-0.15, -0.1) is 16.7 Å². The summed E-state index contributed by atoms with van der Waals surface area (Å²) < 4.78 is 23.1. The molecule has 1 heterocycles. The number of sulfone groups is 1. The standard InChI is InChI=1S/C6H10ClN3O2S/c1-13(11,12)3-2-10-5-6(4-7)8-9-10/h5H,2-4H2,1H3. The van der Waals surface area contributed by atoms with E-state index in [0.29, 0.717) is 18.1 Å². The van der Waals surface area contributed by atoms with Crippen molar-refractivity contribution < 1.29 is 8.42 Å². The molecule has 0 N–H and O–H groups in total. The molecular weight excluding hydrogens is 214 g/mol. The summed E-state index contributed by atoms with van der Waals surface area (Å²) in [6.07, 6.45) is 2.82. The van der Waals surface area contributed by atoms with E-state index in [1.807, 2.05) is 0 Å². The zero-order valence-electron chi connectivity index (χ0n) is 7.14. The lowest BCUT2D eigenvalue weighted by atomic mass is 10.5. The molecule has 0 saturated carbocycles. The molecule has 74 valence electrons. The molecule has 0 bridgehead atoms. The molecule has 1 aromatic heterocycles. The maximum atomic E-state index is 10.8. The summed E-state index contributed by atoms with van der Waals surface area (Å²) in [5.41, 5.74) is 0.648. The number of hydrogen-bond acceptors (Lipinski definition) is 4. The second kappa shape index (κ2) is 4.06. The van der Waals surface area contributed by atoms with Crippen molar-refractivity contribution in [2.45, 2.75) is 12.4 Å². The molecule has 1 rings (SSSR count). The molecule has 0 radical (unpaired) electrons. The molecule has 0 atom stereocenters. The lowest BCUT2D eigenvalue weighted by Crippen LogP contribution is -2.11. The third-order valence-electron chi connectivity index (χ3n) is 1.41. The van der Waals surface area contributed by atoms with E-state index in [4.69, 9.17) is 11.6 Å². The van der Waals surface area contributed by atoms with Gasteiger partial charge in [0.05, 0.1) is 23.9 Å². The monoisotopic (exact) mass is 223 g/mol. The first kappa shape index (κ1) is 10.5. The molecule has 7 heteroatoms. The predicted molar refractivity (Wildman–Crippen MR) is 49.3 cm³/mol. The minimum Gasteiger partial charge on any atom is -0.251 e. The van der Waals surface area contributed by atoms with Crippen molar-refractivity contribution in [3.63, 3.8) is 0 Å². The predicted octanol–water partition coefficient (Wildman–Crippen LogP) is 0.0615. The van der Waals surface area contributed by atoms with E-state index in [1.54, 1.807) is 6.20 Å². The van der Waals surface area contributed by atoms with Gasteiger partial charge in [0.2, 0.25) is 0 Å². The first-order valence-electron chi connectivity index (χ1n) is 3.64. The second-order valence-corrected chi connectivity index (χ2v) is 5.26. The van der Waals surface area contributed by atoms with E-state index >= 15 is 0 Å². The topological polar surface area (TPSA) is 64.8 Å². The van der Waals surface area contributed by atoms with Gasteiger partial charge in [0.15, 0.2) is 0 Å². The van der Waals surface area contributed by atoms with Crippen LogP contribution in [0.3, 0.4) is 0 Å². The fraction of sp³-hybridized carbons (Fsp3) is 0.667. The van der Waals surface area contributed by atoms with Crippen LogP contribution in [0.2, 0.25) is 0 Å². The van der Waals surface area contributed by atoms with Crippen molar-refractivity contribution in [3.05, 3.63) is 11.9 Å². The van der Waals surface area contributed by atoms with Crippen molar-refractivity contribution in [2.75, 3.05) is 12.0 Å². The van der Waals surface area contributed by atoms with Crippen LogP contribution in [-0.2, 0) is 22.3 Å². The van der Waals surface area contributed by atoms with E-state index in [0.717, 1.165) is 0 Å². The van der Waals surface area contributed by atoms with Crippen LogP contribution in [0.25, 0.3) is 0 Å². The number of aryl methyl sites for hydroxylation is 1. The van der Waals surface area contributed by atoms with E-state index in [2.05, 4.69) is 10.3 Å². The second-order valence-electron chi connectivity index (χ2n) is 2.74. The lowest BCUT2D eigenvalue weighted by molar-refractivity contribution is 0.579. The first-order valence-corrected chi connectivity index (χ1v) is 6.23. The number of hydrogen-bond donors (Lipinski definition) is 0. The van der Waals surface area contributed by atoms with Crippen LogP contribution in [0.1, 0.15) is 5.69 Å². The van der Waals surface area contributed by atoms with Crippen LogP contribution in [0.15, 0.2) is 6.20 Å². The van der Waals surface area contributed by atoms with Gasteiger partial charge in [-0.2, -0.15) is 0 Å². The molecule has 0 unspecified atom stereocenters. The van der Waals surface area contributed by atoms with Gasteiger partial charge in [0.1, 0.15) is 9.84 Å². The number of alkyl halides is 1. The van der Waals surface area contributed by atoms with Crippen molar-refractivity contribution in [1.29, 1.82) is 0 Å². The summed E-state index contributed by atoms with van der Waals surface area (Å²) in [6, 6.07) is 0. The fourth-order valence-electron chi connectivity index (χ4n) is 0.768.